The number of hydrogen-bond acceptors (Lipinski definition) is 4. The average Bonchev–Trinajstić information content (AvgIpc) is 3.18. The summed E-state index contributed by atoms with van der Waals surface area (Å²) >= 11 is 0. The lowest BCUT2D eigenvalue weighted by Crippen LogP contribution is -2.42. The summed E-state index contributed by atoms with van der Waals surface area (Å²) in [5.41, 5.74) is 1.15. The molecule has 162 valence electrons. The number of aliphatic hydroxyl groups excluding tert-OH is 1. The van der Waals surface area contributed by atoms with Gasteiger partial charge in [-0.25, -0.2) is 0 Å². The Hall–Kier alpha value is -1.79. The highest BCUT2D eigenvalue weighted by Gasteiger charge is 2.27. The van der Waals surface area contributed by atoms with Crippen molar-refractivity contribution in [3.63, 3.8) is 0 Å². The average molecular weight is 403 g/mol. The smallest absolute Gasteiger partial charge is 0.194 e. The van der Waals surface area contributed by atoms with Gasteiger partial charge in [-0.2, -0.15) is 0 Å². The van der Waals surface area contributed by atoms with Crippen LogP contribution in [-0.2, 0) is 0 Å². The first-order chi connectivity index (χ1) is 14.1. The number of hydrogen-bond donors (Lipinski definition) is 2. The van der Waals surface area contributed by atoms with Gasteiger partial charge in [0, 0.05) is 26.2 Å². The maximum absolute atomic E-state index is 10.3. The Bertz CT molecular complexity index is 646. The number of aliphatic hydroxyl groups is 1. The van der Waals surface area contributed by atoms with Crippen molar-refractivity contribution in [2.24, 2.45) is 10.9 Å². The number of aliphatic imine (C=N–C) groups is 1. The Morgan fingerprint density at radius 3 is 2.86 bits per heavy atom. The van der Waals surface area contributed by atoms with E-state index >= 15 is 0 Å². The zero-order valence-electron chi connectivity index (χ0n) is 18.1. The molecule has 0 radical (unpaired) electrons. The van der Waals surface area contributed by atoms with E-state index in [1.165, 1.54) is 45.3 Å². The highest BCUT2D eigenvalue weighted by atomic mass is 16.5. The Morgan fingerprint density at radius 1 is 1.28 bits per heavy atom. The van der Waals surface area contributed by atoms with Crippen LogP contribution >= 0.6 is 0 Å². The zero-order chi connectivity index (χ0) is 20.5. The van der Waals surface area contributed by atoms with Crippen molar-refractivity contribution < 1.29 is 9.84 Å². The normalized spacial score (nSPS) is 22.0. The van der Waals surface area contributed by atoms with Crippen molar-refractivity contribution >= 4 is 5.96 Å². The van der Waals surface area contributed by atoms with Crippen molar-refractivity contribution in [2.45, 2.75) is 45.6 Å². The summed E-state index contributed by atoms with van der Waals surface area (Å²) in [6.07, 6.45) is 4.70. The highest BCUT2D eigenvalue weighted by Crippen LogP contribution is 2.20. The molecule has 0 aliphatic carbocycles. The Labute approximate surface area is 175 Å². The van der Waals surface area contributed by atoms with Crippen molar-refractivity contribution in [3.05, 3.63) is 29.8 Å². The molecule has 2 aliphatic heterocycles. The van der Waals surface area contributed by atoms with Crippen molar-refractivity contribution in [3.8, 4) is 5.75 Å². The van der Waals surface area contributed by atoms with Gasteiger partial charge in [0.05, 0.1) is 6.54 Å². The monoisotopic (exact) mass is 402 g/mol. The van der Waals surface area contributed by atoms with Crippen LogP contribution in [0.1, 0.15) is 38.2 Å². The van der Waals surface area contributed by atoms with Crippen LogP contribution in [0.4, 0.5) is 0 Å². The van der Waals surface area contributed by atoms with Gasteiger partial charge in [0.2, 0.25) is 0 Å². The molecule has 1 aromatic rings. The number of rotatable bonds is 8. The second-order valence-corrected chi connectivity index (χ2v) is 8.44. The van der Waals surface area contributed by atoms with Gasteiger partial charge in [0.1, 0.15) is 18.5 Å². The van der Waals surface area contributed by atoms with E-state index in [1.54, 1.807) is 0 Å². The molecule has 2 fully saturated rings. The van der Waals surface area contributed by atoms with Crippen LogP contribution < -0.4 is 10.1 Å². The first kappa shape index (κ1) is 21.9. The molecule has 2 N–H and O–H groups in total. The zero-order valence-corrected chi connectivity index (χ0v) is 18.1. The first-order valence-corrected chi connectivity index (χ1v) is 11.3. The molecule has 2 unspecified atom stereocenters. The summed E-state index contributed by atoms with van der Waals surface area (Å²) in [6, 6.07) is 7.89. The lowest BCUT2D eigenvalue weighted by atomic mass is 10.1. The summed E-state index contributed by atoms with van der Waals surface area (Å²) in [4.78, 5) is 9.68. The molecular formula is C23H38N4O2. The van der Waals surface area contributed by atoms with Gasteiger partial charge in [-0.05, 0) is 69.8 Å². The van der Waals surface area contributed by atoms with Gasteiger partial charge >= 0.3 is 0 Å². The van der Waals surface area contributed by atoms with E-state index in [1.807, 2.05) is 31.2 Å². The largest absolute Gasteiger partial charge is 0.491 e. The standard InChI is InChI=1S/C23H38N4O2/c1-3-24-23(25-15-21(28)18-29-22-9-7-8-19(2)14-22)27-13-10-20(17-27)16-26-11-5-4-6-12-26/h7-9,14,20-21,28H,3-6,10-13,15-18H2,1-2H3,(H,24,25). The minimum absolute atomic E-state index is 0.254. The van der Waals surface area contributed by atoms with Crippen molar-refractivity contribution in [2.75, 3.05) is 52.4 Å². The van der Waals surface area contributed by atoms with Gasteiger partial charge in [0.15, 0.2) is 5.96 Å². The summed E-state index contributed by atoms with van der Waals surface area (Å²) < 4.78 is 5.71. The fraction of sp³-hybridized carbons (Fsp3) is 0.696. The molecule has 2 saturated heterocycles. The number of aryl methyl sites for hydroxylation is 1. The SMILES string of the molecule is CCNC(=NCC(O)COc1cccc(C)c1)N1CCC(CN2CCCCC2)C1. The molecule has 1 aromatic carbocycles. The van der Waals surface area contributed by atoms with Crippen LogP contribution in [0.3, 0.4) is 0 Å². The van der Waals surface area contributed by atoms with Gasteiger partial charge in [0.25, 0.3) is 0 Å². The van der Waals surface area contributed by atoms with E-state index in [2.05, 4.69) is 22.0 Å². The molecule has 0 saturated carbocycles. The van der Waals surface area contributed by atoms with E-state index in [0.29, 0.717) is 12.5 Å². The van der Waals surface area contributed by atoms with Gasteiger partial charge in [-0.3, -0.25) is 4.99 Å². The maximum atomic E-state index is 10.3. The molecule has 6 heteroatoms. The number of guanidine groups is 1. The van der Waals surface area contributed by atoms with Crippen LogP contribution in [0.5, 0.6) is 5.75 Å². The van der Waals surface area contributed by atoms with Gasteiger partial charge in [-0.1, -0.05) is 18.6 Å². The lowest BCUT2D eigenvalue weighted by molar-refractivity contribution is 0.114. The number of benzene rings is 1. The Balaban J connectivity index is 1.46. The number of ether oxygens (including phenoxy) is 1. The van der Waals surface area contributed by atoms with E-state index in [4.69, 9.17) is 9.73 Å². The summed E-state index contributed by atoms with van der Waals surface area (Å²) in [6.45, 7) is 11.4. The quantitative estimate of drug-likeness (QED) is 0.517. The first-order valence-electron chi connectivity index (χ1n) is 11.3. The number of likely N-dealkylation sites (tertiary alicyclic amines) is 2. The molecule has 0 bridgehead atoms. The molecule has 29 heavy (non-hydrogen) atoms. The Morgan fingerprint density at radius 2 is 2.10 bits per heavy atom. The van der Waals surface area contributed by atoms with Crippen LogP contribution in [0.15, 0.2) is 29.3 Å². The van der Waals surface area contributed by atoms with Crippen LogP contribution in [0, 0.1) is 12.8 Å². The van der Waals surface area contributed by atoms with Crippen molar-refractivity contribution in [1.29, 1.82) is 0 Å². The lowest BCUT2D eigenvalue weighted by Gasteiger charge is -2.29. The predicted molar refractivity (Wildman–Crippen MR) is 119 cm³/mol. The number of nitrogens with one attached hydrogen (secondary N) is 1. The molecule has 0 aromatic heterocycles. The number of piperidine rings is 1. The summed E-state index contributed by atoms with van der Waals surface area (Å²) in [7, 11) is 0. The van der Waals surface area contributed by atoms with E-state index in [0.717, 1.165) is 36.9 Å². The molecule has 2 aliphatic rings. The van der Waals surface area contributed by atoms with Gasteiger partial charge < -0.3 is 25.0 Å². The second-order valence-electron chi connectivity index (χ2n) is 8.44. The third-order valence-corrected chi connectivity index (χ3v) is 5.77. The van der Waals surface area contributed by atoms with Crippen LogP contribution in [-0.4, -0.2) is 79.4 Å². The Kier molecular flexibility index (Phi) is 8.62. The molecule has 6 nitrogen and oxygen atoms in total. The molecule has 2 atom stereocenters. The molecule has 2 heterocycles. The fourth-order valence-electron chi connectivity index (χ4n) is 4.25. The van der Waals surface area contributed by atoms with Crippen LogP contribution in [0.2, 0.25) is 0 Å². The summed E-state index contributed by atoms with van der Waals surface area (Å²) in [5.74, 6) is 2.43. The molecule has 0 spiro atoms. The topological polar surface area (TPSA) is 60.3 Å². The van der Waals surface area contributed by atoms with E-state index in [9.17, 15) is 5.11 Å². The number of nitrogens with zero attached hydrogens (tertiary/aromatic N) is 3. The molecule has 0 amide bonds. The third-order valence-electron chi connectivity index (χ3n) is 5.77. The van der Waals surface area contributed by atoms with E-state index < -0.39 is 6.10 Å². The molecule has 3 rings (SSSR count). The minimum Gasteiger partial charge on any atom is -0.491 e. The third kappa shape index (κ3) is 7.19. The minimum atomic E-state index is -0.615. The second kappa shape index (κ2) is 11.4. The summed E-state index contributed by atoms with van der Waals surface area (Å²) in [5, 5.41) is 13.7. The van der Waals surface area contributed by atoms with Crippen LogP contribution in [0.25, 0.3) is 0 Å². The van der Waals surface area contributed by atoms with E-state index in [-0.39, 0.29) is 6.61 Å². The predicted octanol–water partition coefficient (Wildman–Crippen LogP) is 2.51. The highest BCUT2D eigenvalue weighted by molar-refractivity contribution is 5.80. The maximum Gasteiger partial charge on any atom is 0.194 e. The van der Waals surface area contributed by atoms with Gasteiger partial charge in [-0.15, -0.1) is 0 Å². The fourth-order valence-corrected chi connectivity index (χ4v) is 4.25. The molecular weight excluding hydrogens is 364 g/mol. The van der Waals surface area contributed by atoms with Crippen molar-refractivity contribution in [1.82, 2.24) is 15.1 Å².